The molecule has 0 saturated carbocycles. The van der Waals surface area contributed by atoms with E-state index in [1.54, 1.807) is 13.4 Å². The van der Waals surface area contributed by atoms with Gasteiger partial charge in [-0.3, -0.25) is 0 Å². The molecule has 6 heteroatoms. The summed E-state index contributed by atoms with van der Waals surface area (Å²) < 4.78 is 5.20. The second-order valence-corrected chi connectivity index (χ2v) is 6.95. The molecule has 1 aliphatic rings. The largest absolute Gasteiger partial charge is 0.497 e. The minimum atomic E-state index is -0.143. The van der Waals surface area contributed by atoms with Gasteiger partial charge in [-0.15, -0.1) is 0 Å². The summed E-state index contributed by atoms with van der Waals surface area (Å²) in [6, 6.07) is 11.8. The van der Waals surface area contributed by atoms with E-state index in [2.05, 4.69) is 17.1 Å². The standard InChI is InChI=1S/C21H24ClN3O2/c1-5-25(3)13-23-20-10-14(2)17(11-18(20)22)21-12-19(24-27-21)15-6-8-16(26-4)9-7-15/h6-11,13,21H,5,12H2,1-4H3. The monoisotopic (exact) mass is 385 g/mol. The van der Waals surface area contributed by atoms with Crippen LogP contribution in [0.4, 0.5) is 5.69 Å². The van der Waals surface area contributed by atoms with Crippen molar-refractivity contribution in [3.63, 3.8) is 0 Å². The van der Waals surface area contributed by atoms with Gasteiger partial charge in [0.25, 0.3) is 0 Å². The molecule has 1 heterocycles. The molecular weight excluding hydrogens is 362 g/mol. The van der Waals surface area contributed by atoms with E-state index < -0.39 is 0 Å². The highest BCUT2D eigenvalue weighted by atomic mass is 35.5. The zero-order valence-electron chi connectivity index (χ0n) is 16.1. The lowest BCUT2D eigenvalue weighted by Crippen LogP contribution is -2.14. The topological polar surface area (TPSA) is 46.4 Å². The molecule has 0 aromatic heterocycles. The van der Waals surface area contributed by atoms with Gasteiger partial charge in [-0.2, -0.15) is 0 Å². The molecule has 27 heavy (non-hydrogen) atoms. The molecule has 1 unspecified atom stereocenters. The van der Waals surface area contributed by atoms with Crippen LogP contribution in [0.5, 0.6) is 5.75 Å². The second kappa shape index (κ2) is 8.44. The Bertz CT molecular complexity index is 862. The van der Waals surface area contributed by atoms with E-state index >= 15 is 0 Å². The molecule has 5 nitrogen and oxygen atoms in total. The minimum Gasteiger partial charge on any atom is -0.497 e. The molecule has 0 saturated heterocycles. The summed E-state index contributed by atoms with van der Waals surface area (Å²) >= 11 is 6.45. The van der Waals surface area contributed by atoms with E-state index in [0.29, 0.717) is 11.4 Å². The number of ether oxygens (including phenoxy) is 1. The Balaban J connectivity index is 1.76. The van der Waals surface area contributed by atoms with Gasteiger partial charge in [0.15, 0.2) is 6.10 Å². The van der Waals surface area contributed by atoms with Crippen LogP contribution in [-0.4, -0.2) is 37.7 Å². The van der Waals surface area contributed by atoms with Crippen LogP contribution < -0.4 is 4.74 Å². The van der Waals surface area contributed by atoms with Crippen molar-refractivity contribution in [2.24, 2.45) is 10.1 Å². The van der Waals surface area contributed by atoms with Crippen molar-refractivity contribution in [3.05, 3.63) is 58.1 Å². The van der Waals surface area contributed by atoms with Crippen molar-refractivity contribution in [2.75, 3.05) is 20.7 Å². The van der Waals surface area contributed by atoms with Crippen LogP contribution in [0.3, 0.4) is 0 Å². The van der Waals surface area contributed by atoms with E-state index in [0.717, 1.165) is 40.4 Å². The normalized spacial score (nSPS) is 16.3. The SMILES string of the molecule is CCN(C)C=Nc1cc(C)c(C2CC(c3ccc(OC)cc3)=NO2)cc1Cl. The first-order valence-electron chi connectivity index (χ1n) is 8.93. The van der Waals surface area contributed by atoms with Crippen LogP contribution in [-0.2, 0) is 4.84 Å². The van der Waals surface area contributed by atoms with Gasteiger partial charge in [0.05, 0.1) is 29.9 Å². The number of aryl methyl sites for hydroxylation is 1. The zero-order valence-corrected chi connectivity index (χ0v) is 16.8. The van der Waals surface area contributed by atoms with E-state index in [9.17, 15) is 0 Å². The lowest BCUT2D eigenvalue weighted by Gasteiger charge is -2.14. The third-order valence-electron chi connectivity index (χ3n) is 4.67. The number of hydrogen-bond acceptors (Lipinski definition) is 4. The summed E-state index contributed by atoms with van der Waals surface area (Å²) in [6.07, 6.45) is 2.35. The Hall–Kier alpha value is -2.53. The maximum atomic E-state index is 6.45. The van der Waals surface area contributed by atoms with Crippen molar-refractivity contribution >= 4 is 29.3 Å². The molecule has 2 aromatic carbocycles. The van der Waals surface area contributed by atoms with Gasteiger partial charge < -0.3 is 14.5 Å². The predicted octanol–water partition coefficient (Wildman–Crippen LogP) is 5.13. The molecule has 0 aliphatic carbocycles. The highest BCUT2D eigenvalue weighted by Crippen LogP contribution is 2.36. The molecule has 142 valence electrons. The first-order valence-corrected chi connectivity index (χ1v) is 9.31. The molecular formula is C21H24ClN3O2. The highest BCUT2D eigenvalue weighted by Gasteiger charge is 2.26. The Morgan fingerprint density at radius 1 is 1.33 bits per heavy atom. The fourth-order valence-corrected chi connectivity index (χ4v) is 3.09. The molecule has 0 bridgehead atoms. The summed E-state index contributed by atoms with van der Waals surface area (Å²) in [5, 5.41) is 4.89. The van der Waals surface area contributed by atoms with Gasteiger partial charge in [-0.1, -0.05) is 16.8 Å². The maximum absolute atomic E-state index is 6.45. The summed E-state index contributed by atoms with van der Waals surface area (Å²) in [6.45, 7) is 5.00. The minimum absolute atomic E-state index is 0.143. The smallest absolute Gasteiger partial charge is 0.158 e. The number of aliphatic imine (C=N–C) groups is 1. The van der Waals surface area contributed by atoms with Crippen molar-refractivity contribution in [3.8, 4) is 5.75 Å². The van der Waals surface area contributed by atoms with Crippen molar-refractivity contribution in [1.82, 2.24) is 4.90 Å². The quantitative estimate of drug-likeness (QED) is 0.511. The van der Waals surface area contributed by atoms with Gasteiger partial charge in [0, 0.05) is 20.0 Å². The van der Waals surface area contributed by atoms with Crippen LogP contribution >= 0.6 is 11.6 Å². The predicted molar refractivity (Wildman–Crippen MR) is 111 cm³/mol. The molecule has 0 radical (unpaired) electrons. The van der Waals surface area contributed by atoms with Gasteiger partial charge in [-0.25, -0.2) is 4.99 Å². The number of halogens is 1. The van der Waals surface area contributed by atoms with Crippen LogP contribution in [0.25, 0.3) is 0 Å². The van der Waals surface area contributed by atoms with E-state index in [1.807, 2.05) is 55.3 Å². The Morgan fingerprint density at radius 3 is 2.74 bits per heavy atom. The summed E-state index contributed by atoms with van der Waals surface area (Å²) in [5.74, 6) is 0.822. The van der Waals surface area contributed by atoms with Crippen molar-refractivity contribution < 1.29 is 9.57 Å². The zero-order chi connectivity index (χ0) is 19.4. The third kappa shape index (κ3) is 4.42. The van der Waals surface area contributed by atoms with E-state index in [-0.39, 0.29) is 6.10 Å². The van der Waals surface area contributed by atoms with E-state index in [1.165, 1.54) is 0 Å². The number of hydrogen-bond donors (Lipinski definition) is 0. The number of rotatable bonds is 6. The number of oxime groups is 1. The first-order chi connectivity index (χ1) is 13.0. The molecule has 3 rings (SSSR count). The summed E-state index contributed by atoms with van der Waals surface area (Å²) in [7, 11) is 3.63. The van der Waals surface area contributed by atoms with Gasteiger partial charge in [0.1, 0.15) is 5.75 Å². The molecule has 1 aliphatic heterocycles. The van der Waals surface area contributed by atoms with Crippen LogP contribution in [0.1, 0.15) is 36.1 Å². The fourth-order valence-electron chi connectivity index (χ4n) is 2.87. The van der Waals surface area contributed by atoms with Crippen molar-refractivity contribution in [2.45, 2.75) is 26.4 Å². The van der Waals surface area contributed by atoms with Crippen LogP contribution in [0.15, 0.2) is 46.5 Å². The molecule has 0 amide bonds. The van der Waals surface area contributed by atoms with E-state index in [4.69, 9.17) is 21.2 Å². The Kier molecular flexibility index (Phi) is 6.01. The van der Waals surface area contributed by atoms with Crippen molar-refractivity contribution in [1.29, 1.82) is 0 Å². The molecule has 1 atom stereocenters. The fraction of sp³-hybridized carbons (Fsp3) is 0.333. The Labute approximate surface area is 165 Å². The molecule has 2 aromatic rings. The lowest BCUT2D eigenvalue weighted by atomic mass is 9.97. The van der Waals surface area contributed by atoms with Crippen LogP contribution in [0.2, 0.25) is 5.02 Å². The maximum Gasteiger partial charge on any atom is 0.158 e. The van der Waals surface area contributed by atoms with Gasteiger partial charge in [0.2, 0.25) is 0 Å². The molecule has 0 fully saturated rings. The van der Waals surface area contributed by atoms with Gasteiger partial charge >= 0.3 is 0 Å². The average molecular weight is 386 g/mol. The molecule has 0 spiro atoms. The molecule has 0 N–H and O–H groups in total. The number of methoxy groups -OCH3 is 1. The third-order valence-corrected chi connectivity index (χ3v) is 4.97. The average Bonchev–Trinajstić information content (AvgIpc) is 3.18. The highest BCUT2D eigenvalue weighted by molar-refractivity contribution is 6.33. The van der Waals surface area contributed by atoms with Gasteiger partial charge in [-0.05, 0) is 66.9 Å². The summed E-state index contributed by atoms with van der Waals surface area (Å²) in [5.41, 5.74) is 4.83. The van der Waals surface area contributed by atoms with Crippen LogP contribution in [0, 0.1) is 6.92 Å². The lowest BCUT2D eigenvalue weighted by molar-refractivity contribution is 0.0853. The Morgan fingerprint density at radius 2 is 2.07 bits per heavy atom. The first kappa shape index (κ1) is 19.2. The summed E-state index contributed by atoms with van der Waals surface area (Å²) in [4.78, 5) is 12.2. The number of benzene rings is 2. The second-order valence-electron chi connectivity index (χ2n) is 6.54. The number of nitrogens with zero attached hydrogens (tertiary/aromatic N) is 3.